The molecule has 2 heterocycles. The Morgan fingerprint density at radius 1 is 1.70 bits per heavy atom. The van der Waals surface area contributed by atoms with Gasteiger partial charge in [-0.3, -0.25) is 4.99 Å². The van der Waals surface area contributed by atoms with E-state index in [-0.39, 0.29) is 6.04 Å². The van der Waals surface area contributed by atoms with Crippen LogP contribution in [-0.4, -0.2) is 22.9 Å². The standard InChI is InChI=1S/C6H7N4/c1-2-9-6(8-1)5-3-7-4-10-5/h1-2,5H,3H2,(H,7,10)(H,8,9). The topological polar surface area (TPSA) is 53.1 Å². The third-order valence-corrected chi connectivity index (χ3v) is 1.43. The van der Waals surface area contributed by atoms with Crippen LogP contribution < -0.4 is 5.32 Å². The fourth-order valence-corrected chi connectivity index (χ4v) is 0.929. The molecule has 4 heteroatoms. The Morgan fingerprint density at radius 2 is 2.70 bits per heavy atom. The summed E-state index contributed by atoms with van der Waals surface area (Å²) in [6, 6.07) is 0.134. The number of hydrogen-bond donors (Lipinski definition) is 2. The van der Waals surface area contributed by atoms with Crippen molar-refractivity contribution in [2.45, 2.75) is 6.04 Å². The van der Waals surface area contributed by atoms with Crippen LogP contribution in [0.15, 0.2) is 17.4 Å². The molecule has 1 unspecified atom stereocenters. The number of nitrogens with zero attached hydrogens (tertiary/aromatic N) is 2. The molecule has 4 nitrogen and oxygen atoms in total. The van der Waals surface area contributed by atoms with Gasteiger partial charge >= 0.3 is 0 Å². The van der Waals surface area contributed by atoms with E-state index in [1.54, 1.807) is 12.4 Å². The summed E-state index contributed by atoms with van der Waals surface area (Å²) in [5.41, 5.74) is 0. The molecule has 0 fully saturated rings. The summed E-state index contributed by atoms with van der Waals surface area (Å²) in [7, 11) is 0. The Hall–Kier alpha value is -1.32. The third-order valence-electron chi connectivity index (χ3n) is 1.43. The molecule has 1 aliphatic heterocycles. The van der Waals surface area contributed by atoms with Crippen LogP contribution in [0.5, 0.6) is 0 Å². The molecule has 1 aromatic heterocycles. The van der Waals surface area contributed by atoms with Crippen LogP contribution >= 0.6 is 0 Å². The van der Waals surface area contributed by atoms with Crippen LogP contribution in [0, 0.1) is 0 Å². The molecule has 0 amide bonds. The zero-order valence-electron chi connectivity index (χ0n) is 5.33. The fourth-order valence-electron chi connectivity index (χ4n) is 0.929. The number of aliphatic imine (C=N–C) groups is 1. The van der Waals surface area contributed by atoms with Gasteiger partial charge in [0.25, 0.3) is 0 Å². The van der Waals surface area contributed by atoms with Crippen molar-refractivity contribution in [3.05, 3.63) is 18.2 Å². The van der Waals surface area contributed by atoms with Crippen LogP contribution in [-0.2, 0) is 0 Å². The zero-order chi connectivity index (χ0) is 6.81. The van der Waals surface area contributed by atoms with Crippen molar-refractivity contribution in [1.82, 2.24) is 15.3 Å². The van der Waals surface area contributed by atoms with Crippen molar-refractivity contribution in [3.8, 4) is 0 Å². The quantitative estimate of drug-likeness (QED) is 0.567. The molecular formula is C6H7N4. The number of H-pyrrole nitrogens is 1. The molecule has 0 spiro atoms. The Morgan fingerprint density at radius 3 is 3.30 bits per heavy atom. The Labute approximate surface area is 58.4 Å². The summed E-state index contributed by atoms with van der Waals surface area (Å²) >= 11 is 0. The minimum atomic E-state index is 0.134. The summed E-state index contributed by atoms with van der Waals surface area (Å²) in [5, 5.41) is 2.88. The molecule has 0 saturated carbocycles. The van der Waals surface area contributed by atoms with E-state index in [1.165, 1.54) is 0 Å². The van der Waals surface area contributed by atoms with Crippen LogP contribution in [0.4, 0.5) is 0 Å². The second kappa shape index (κ2) is 2.13. The Bertz CT molecular complexity index is 226. The molecule has 2 rings (SSSR count). The molecule has 0 aromatic carbocycles. The zero-order valence-corrected chi connectivity index (χ0v) is 5.33. The summed E-state index contributed by atoms with van der Waals surface area (Å²) in [4.78, 5) is 11.1. The van der Waals surface area contributed by atoms with Gasteiger partial charge in [0.15, 0.2) is 6.34 Å². The average Bonchev–Trinajstić information content (AvgIpc) is 2.59. The van der Waals surface area contributed by atoms with E-state index >= 15 is 0 Å². The lowest BCUT2D eigenvalue weighted by molar-refractivity contribution is 0.706. The van der Waals surface area contributed by atoms with Crippen LogP contribution in [0.1, 0.15) is 11.9 Å². The van der Waals surface area contributed by atoms with Crippen molar-refractivity contribution in [2.24, 2.45) is 4.99 Å². The first-order valence-electron chi connectivity index (χ1n) is 3.14. The van der Waals surface area contributed by atoms with Gasteiger partial charge in [0, 0.05) is 18.9 Å². The first kappa shape index (κ1) is 5.46. The van der Waals surface area contributed by atoms with Gasteiger partial charge < -0.3 is 10.3 Å². The van der Waals surface area contributed by atoms with E-state index in [4.69, 9.17) is 0 Å². The molecule has 0 saturated heterocycles. The minimum Gasteiger partial charge on any atom is -0.365 e. The number of imidazole rings is 1. The highest BCUT2D eigenvalue weighted by Gasteiger charge is 2.14. The monoisotopic (exact) mass is 135 g/mol. The van der Waals surface area contributed by atoms with Crippen LogP contribution in [0.3, 0.4) is 0 Å². The van der Waals surface area contributed by atoms with Crippen molar-refractivity contribution in [2.75, 3.05) is 6.54 Å². The number of aromatic amines is 1. The predicted molar refractivity (Wildman–Crippen MR) is 36.8 cm³/mol. The molecule has 1 atom stereocenters. The molecule has 0 bridgehead atoms. The van der Waals surface area contributed by atoms with Gasteiger partial charge in [-0.1, -0.05) is 0 Å². The minimum absolute atomic E-state index is 0.134. The van der Waals surface area contributed by atoms with E-state index in [0.29, 0.717) is 0 Å². The molecule has 0 aliphatic carbocycles. The van der Waals surface area contributed by atoms with Crippen molar-refractivity contribution in [3.63, 3.8) is 0 Å². The van der Waals surface area contributed by atoms with Crippen molar-refractivity contribution in [1.29, 1.82) is 0 Å². The first-order valence-corrected chi connectivity index (χ1v) is 3.14. The van der Waals surface area contributed by atoms with Gasteiger partial charge in [0.05, 0.1) is 0 Å². The second-order valence-corrected chi connectivity index (χ2v) is 2.11. The Balaban J connectivity index is 2.20. The summed E-state index contributed by atoms with van der Waals surface area (Å²) in [6.07, 6.45) is 6.20. The van der Waals surface area contributed by atoms with Gasteiger partial charge in [0.1, 0.15) is 11.9 Å². The normalized spacial score (nSPS) is 23.0. The molecular weight excluding hydrogens is 128 g/mol. The smallest absolute Gasteiger partial charge is 0.165 e. The Kier molecular flexibility index (Phi) is 1.16. The molecule has 51 valence electrons. The number of nitrogens with one attached hydrogen (secondary N) is 2. The molecule has 1 aromatic rings. The lowest BCUT2D eigenvalue weighted by atomic mass is 10.3. The lowest BCUT2D eigenvalue weighted by Gasteiger charge is -1.99. The van der Waals surface area contributed by atoms with E-state index < -0.39 is 0 Å². The predicted octanol–water partition coefficient (Wildman–Crippen LogP) is -0.0407. The first-order chi connectivity index (χ1) is 4.97. The van der Waals surface area contributed by atoms with Gasteiger partial charge in [-0.25, -0.2) is 4.98 Å². The molecule has 1 aliphatic rings. The summed E-state index contributed by atoms with van der Waals surface area (Å²) in [6.45, 7) is 0.799. The van der Waals surface area contributed by atoms with Crippen molar-refractivity contribution >= 4 is 6.34 Å². The van der Waals surface area contributed by atoms with Crippen LogP contribution in [0.2, 0.25) is 0 Å². The molecule has 2 N–H and O–H groups in total. The summed E-state index contributed by atoms with van der Waals surface area (Å²) in [5.74, 6) is 0.900. The second-order valence-electron chi connectivity index (χ2n) is 2.11. The third kappa shape index (κ3) is 0.775. The van der Waals surface area contributed by atoms with Crippen molar-refractivity contribution < 1.29 is 0 Å². The van der Waals surface area contributed by atoms with Gasteiger partial charge in [-0.05, 0) is 0 Å². The fraction of sp³-hybridized carbons (Fsp3) is 0.333. The lowest BCUT2D eigenvalue weighted by Crippen LogP contribution is -2.10. The summed E-state index contributed by atoms with van der Waals surface area (Å²) < 4.78 is 0. The maximum Gasteiger partial charge on any atom is 0.165 e. The maximum absolute atomic E-state index is 4.07. The van der Waals surface area contributed by atoms with Gasteiger partial charge in [0.2, 0.25) is 0 Å². The average molecular weight is 135 g/mol. The van der Waals surface area contributed by atoms with E-state index in [9.17, 15) is 0 Å². The van der Waals surface area contributed by atoms with Crippen LogP contribution in [0.25, 0.3) is 0 Å². The maximum atomic E-state index is 4.07. The highest BCUT2D eigenvalue weighted by Crippen LogP contribution is 2.12. The number of aromatic nitrogens is 2. The van der Waals surface area contributed by atoms with E-state index in [0.717, 1.165) is 12.4 Å². The molecule has 10 heavy (non-hydrogen) atoms. The van der Waals surface area contributed by atoms with Gasteiger partial charge in [-0.2, -0.15) is 0 Å². The van der Waals surface area contributed by atoms with Gasteiger partial charge in [-0.15, -0.1) is 0 Å². The number of hydrogen-bond acceptors (Lipinski definition) is 3. The van der Waals surface area contributed by atoms with E-state index in [1.807, 2.05) is 0 Å². The number of rotatable bonds is 1. The largest absolute Gasteiger partial charge is 0.365 e. The molecule has 1 radical (unpaired) electrons. The highest BCUT2D eigenvalue weighted by atomic mass is 15.1. The highest BCUT2D eigenvalue weighted by molar-refractivity contribution is 5.57. The van der Waals surface area contributed by atoms with E-state index in [2.05, 4.69) is 26.6 Å². The SMILES string of the molecule is [C]1=NC(c2ncc[nH]2)CN1.